The van der Waals surface area contributed by atoms with Crippen LogP contribution in [0.25, 0.3) is 11.4 Å². The Morgan fingerprint density at radius 2 is 1.82 bits per heavy atom. The van der Waals surface area contributed by atoms with Gasteiger partial charge in [-0.05, 0) is 0 Å². The molecule has 0 amide bonds. The largest absolute Gasteiger partial charge is 0.461 e. The van der Waals surface area contributed by atoms with Gasteiger partial charge in [-0.2, -0.15) is 0 Å². The zero-order valence-electron chi connectivity index (χ0n) is 11.9. The van der Waals surface area contributed by atoms with Crippen LogP contribution in [0, 0.1) is 0 Å². The quantitative estimate of drug-likeness (QED) is 0.625. The van der Waals surface area contributed by atoms with Gasteiger partial charge >= 0.3 is 5.97 Å². The molecule has 0 aliphatic carbocycles. The first-order valence-electron chi connectivity index (χ1n) is 6.45. The number of hydrogen-bond donors (Lipinski definition) is 1. The van der Waals surface area contributed by atoms with Gasteiger partial charge in [0.15, 0.2) is 5.82 Å². The molecule has 0 unspecified atom stereocenters. The van der Waals surface area contributed by atoms with Crippen molar-refractivity contribution in [3.05, 3.63) is 48.3 Å². The SMILES string of the molecule is CS(=O)(=O)NCCOC(=O)c1cnc(-c2ccccc2)nc1. The van der Waals surface area contributed by atoms with Crippen molar-refractivity contribution in [1.82, 2.24) is 14.7 Å². The molecule has 8 heteroatoms. The molecule has 22 heavy (non-hydrogen) atoms. The Hall–Kier alpha value is -2.32. The van der Waals surface area contributed by atoms with Gasteiger partial charge in [0.05, 0.1) is 11.8 Å². The van der Waals surface area contributed by atoms with Crippen LogP contribution in [-0.2, 0) is 14.8 Å². The lowest BCUT2D eigenvalue weighted by Gasteiger charge is -2.05. The van der Waals surface area contributed by atoms with Crippen LogP contribution in [0.4, 0.5) is 0 Å². The first-order valence-corrected chi connectivity index (χ1v) is 8.34. The van der Waals surface area contributed by atoms with E-state index in [1.807, 2.05) is 30.3 Å². The summed E-state index contributed by atoms with van der Waals surface area (Å²) in [6.45, 7) is -0.0418. The Kier molecular flexibility index (Phi) is 5.18. The molecule has 2 rings (SSSR count). The number of carbonyl (C=O) groups excluding carboxylic acids is 1. The van der Waals surface area contributed by atoms with Crippen molar-refractivity contribution >= 4 is 16.0 Å². The first-order chi connectivity index (χ1) is 10.5. The van der Waals surface area contributed by atoms with Crippen LogP contribution in [0.15, 0.2) is 42.7 Å². The molecule has 1 heterocycles. The molecule has 0 saturated heterocycles. The minimum atomic E-state index is -3.29. The molecule has 1 aromatic carbocycles. The molecule has 0 atom stereocenters. The van der Waals surface area contributed by atoms with E-state index in [9.17, 15) is 13.2 Å². The van der Waals surface area contributed by atoms with E-state index in [4.69, 9.17) is 4.74 Å². The third-order valence-electron chi connectivity index (χ3n) is 2.62. The highest BCUT2D eigenvalue weighted by Crippen LogP contribution is 2.13. The number of nitrogens with zero attached hydrogens (tertiary/aromatic N) is 2. The summed E-state index contributed by atoms with van der Waals surface area (Å²) in [5, 5.41) is 0. The molecule has 7 nitrogen and oxygen atoms in total. The van der Waals surface area contributed by atoms with E-state index in [1.165, 1.54) is 12.4 Å². The number of benzene rings is 1. The molecule has 1 N–H and O–H groups in total. The summed E-state index contributed by atoms with van der Waals surface area (Å²) in [5.41, 5.74) is 1.05. The lowest BCUT2D eigenvalue weighted by molar-refractivity contribution is 0.0512. The maximum Gasteiger partial charge on any atom is 0.341 e. The number of esters is 1. The normalized spacial score (nSPS) is 11.1. The van der Waals surface area contributed by atoms with Crippen molar-refractivity contribution in [3.63, 3.8) is 0 Å². The zero-order chi connectivity index (χ0) is 16.0. The minimum Gasteiger partial charge on any atom is -0.461 e. The number of ether oxygens (including phenoxy) is 1. The van der Waals surface area contributed by atoms with E-state index in [0.717, 1.165) is 11.8 Å². The summed E-state index contributed by atoms with van der Waals surface area (Å²) < 4.78 is 28.8. The highest BCUT2D eigenvalue weighted by Gasteiger charge is 2.10. The number of rotatable bonds is 6. The van der Waals surface area contributed by atoms with Gasteiger partial charge < -0.3 is 4.74 Å². The fourth-order valence-electron chi connectivity index (χ4n) is 1.62. The third kappa shape index (κ3) is 4.90. The second-order valence-corrected chi connectivity index (χ2v) is 6.30. The maximum atomic E-state index is 11.7. The molecule has 0 spiro atoms. The number of nitrogens with one attached hydrogen (secondary N) is 1. The van der Waals surface area contributed by atoms with Gasteiger partial charge in [0.2, 0.25) is 10.0 Å². The summed E-state index contributed by atoms with van der Waals surface area (Å²) in [6, 6.07) is 9.36. The summed E-state index contributed by atoms with van der Waals surface area (Å²) in [7, 11) is -3.29. The van der Waals surface area contributed by atoms with Gasteiger partial charge in [0.25, 0.3) is 0 Å². The summed E-state index contributed by atoms with van der Waals surface area (Å²) in [6.07, 6.45) is 3.79. The van der Waals surface area contributed by atoms with Crippen LogP contribution in [0.1, 0.15) is 10.4 Å². The van der Waals surface area contributed by atoms with Crippen LogP contribution in [0.5, 0.6) is 0 Å². The molecular weight excluding hydrogens is 306 g/mol. The van der Waals surface area contributed by atoms with Crippen molar-refractivity contribution in [1.29, 1.82) is 0 Å². The zero-order valence-corrected chi connectivity index (χ0v) is 12.7. The van der Waals surface area contributed by atoms with Gasteiger partial charge in [0, 0.05) is 24.5 Å². The fraction of sp³-hybridized carbons (Fsp3) is 0.214. The molecule has 2 aromatic rings. The van der Waals surface area contributed by atoms with E-state index in [-0.39, 0.29) is 18.7 Å². The third-order valence-corrected chi connectivity index (χ3v) is 3.35. The molecule has 0 fully saturated rings. The number of hydrogen-bond acceptors (Lipinski definition) is 6. The summed E-state index contributed by atoms with van der Waals surface area (Å²) in [5.74, 6) is -0.0918. The van der Waals surface area contributed by atoms with Crippen molar-refractivity contribution in [2.24, 2.45) is 0 Å². The van der Waals surface area contributed by atoms with Crippen molar-refractivity contribution in [2.75, 3.05) is 19.4 Å². The van der Waals surface area contributed by atoms with E-state index in [2.05, 4.69) is 14.7 Å². The molecule has 116 valence electrons. The van der Waals surface area contributed by atoms with E-state index < -0.39 is 16.0 Å². The summed E-state index contributed by atoms with van der Waals surface area (Å²) >= 11 is 0. The molecule has 0 saturated carbocycles. The molecule has 0 radical (unpaired) electrons. The highest BCUT2D eigenvalue weighted by atomic mass is 32.2. The molecule has 0 aliphatic rings. The average molecular weight is 321 g/mol. The smallest absolute Gasteiger partial charge is 0.341 e. The van der Waals surface area contributed by atoms with Crippen LogP contribution >= 0.6 is 0 Å². The lowest BCUT2D eigenvalue weighted by Crippen LogP contribution is -2.27. The van der Waals surface area contributed by atoms with Gasteiger partial charge in [-0.25, -0.2) is 27.9 Å². The maximum absolute atomic E-state index is 11.7. The Balaban J connectivity index is 1.91. The first kappa shape index (κ1) is 16.1. The van der Waals surface area contributed by atoms with Gasteiger partial charge in [0.1, 0.15) is 6.61 Å². The van der Waals surface area contributed by atoms with E-state index >= 15 is 0 Å². The Morgan fingerprint density at radius 1 is 1.18 bits per heavy atom. The van der Waals surface area contributed by atoms with Crippen molar-refractivity contribution < 1.29 is 17.9 Å². The predicted octanol–water partition coefficient (Wildman–Crippen LogP) is 0.850. The number of aromatic nitrogens is 2. The fourth-order valence-corrected chi connectivity index (χ4v) is 2.08. The average Bonchev–Trinajstić information content (AvgIpc) is 2.51. The number of carbonyl (C=O) groups is 1. The molecular formula is C14H15N3O4S. The van der Waals surface area contributed by atoms with Gasteiger partial charge in [-0.15, -0.1) is 0 Å². The topological polar surface area (TPSA) is 98.2 Å². The van der Waals surface area contributed by atoms with Crippen LogP contribution in [-0.4, -0.2) is 43.8 Å². The number of sulfonamides is 1. The van der Waals surface area contributed by atoms with Crippen molar-refractivity contribution in [2.45, 2.75) is 0 Å². The predicted molar refractivity (Wildman–Crippen MR) is 80.6 cm³/mol. The standard InChI is InChI=1S/C14H15N3O4S/c1-22(19,20)17-7-8-21-14(18)12-9-15-13(16-10-12)11-5-3-2-4-6-11/h2-6,9-10,17H,7-8H2,1H3. The van der Waals surface area contributed by atoms with Crippen LogP contribution in [0.3, 0.4) is 0 Å². The highest BCUT2D eigenvalue weighted by molar-refractivity contribution is 7.88. The molecule has 0 aliphatic heterocycles. The Morgan fingerprint density at radius 3 is 2.41 bits per heavy atom. The molecule has 0 bridgehead atoms. The Bertz CT molecular complexity index is 730. The molecule has 1 aromatic heterocycles. The van der Waals surface area contributed by atoms with Crippen molar-refractivity contribution in [3.8, 4) is 11.4 Å². The van der Waals surface area contributed by atoms with E-state index in [1.54, 1.807) is 0 Å². The Labute approximate surface area is 128 Å². The van der Waals surface area contributed by atoms with Gasteiger partial charge in [-0.3, -0.25) is 0 Å². The summed E-state index contributed by atoms with van der Waals surface area (Å²) in [4.78, 5) is 20.0. The van der Waals surface area contributed by atoms with Gasteiger partial charge in [-0.1, -0.05) is 30.3 Å². The second-order valence-electron chi connectivity index (χ2n) is 4.46. The minimum absolute atomic E-state index is 0.0214. The van der Waals surface area contributed by atoms with Crippen LogP contribution in [0.2, 0.25) is 0 Å². The lowest BCUT2D eigenvalue weighted by atomic mass is 10.2. The monoisotopic (exact) mass is 321 g/mol. The van der Waals surface area contributed by atoms with Crippen LogP contribution < -0.4 is 4.72 Å². The second kappa shape index (κ2) is 7.10. The van der Waals surface area contributed by atoms with E-state index in [0.29, 0.717) is 5.82 Å².